The van der Waals surface area contributed by atoms with Crippen LogP contribution >= 0.6 is 0 Å². The van der Waals surface area contributed by atoms with E-state index in [1.807, 2.05) is 41.5 Å². The Morgan fingerprint density at radius 1 is 0.516 bits per heavy atom. The zero-order chi connectivity index (χ0) is 24.0. The van der Waals surface area contributed by atoms with Gasteiger partial charge < -0.3 is 4.48 Å². The highest BCUT2D eigenvalue weighted by molar-refractivity contribution is 5.86. The molecule has 0 unspecified atom stereocenters. The average molecular weight is 439 g/mol. The Hall–Kier alpha value is -0.700. The van der Waals surface area contributed by atoms with Gasteiger partial charge in [0.1, 0.15) is 13.1 Å². The fraction of sp³-hybridized carbons (Fsp3) is 0.929. The third kappa shape index (κ3) is 14.1. The van der Waals surface area contributed by atoms with Crippen molar-refractivity contribution in [1.82, 2.24) is 0 Å². The minimum atomic E-state index is -0.351. The predicted octanol–water partition coefficient (Wildman–Crippen LogP) is 7.75. The van der Waals surface area contributed by atoms with Crippen molar-refractivity contribution in [2.24, 2.45) is 10.8 Å². The highest BCUT2D eigenvalue weighted by Crippen LogP contribution is 2.25. The van der Waals surface area contributed by atoms with E-state index in [2.05, 4.69) is 13.8 Å². The van der Waals surface area contributed by atoms with E-state index in [-0.39, 0.29) is 10.8 Å². The predicted molar refractivity (Wildman–Crippen MR) is 135 cm³/mol. The first-order chi connectivity index (χ1) is 14.4. The maximum atomic E-state index is 13.1. The molecule has 0 aliphatic heterocycles. The lowest BCUT2D eigenvalue weighted by Crippen LogP contribution is -2.57. The number of carbonyl (C=O) groups excluding carboxylic acids is 2. The zero-order valence-corrected chi connectivity index (χ0v) is 22.6. The Kier molecular flexibility index (Phi) is 14.9. The first kappa shape index (κ1) is 30.3. The number of carbonyl (C=O) groups is 2. The molecular weight excluding hydrogens is 382 g/mol. The molecule has 0 heterocycles. The van der Waals surface area contributed by atoms with Gasteiger partial charge in [0.05, 0.1) is 13.1 Å². The summed E-state index contributed by atoms with van der Waals surface area (Å²) in [6.45, 7) is 19.6. The molecule has 0 aliphatic carbocycles. The molecule has 0 aromatic heterocycles. The van der Waals surface area contributed by atoms with Crippen LogP contribution in [0, 0.1) is 10.8 Å². The van der Waals surface area contributed by atoms with Crippen molar-refractivity contribution in [2.45, 2.75) is 132 Å². The second-order valence-electron chi connectivity index (χ2n) is 12.0. The van der Waals surface area contributed by atoms with E-state index in [0.717, 1.165) is 25.9 Å². The van der Waals surface area contributed by atoms with Crippen molar-refractivity contribution in [3.05, 3.63) is 0 Å². The number of hydrogen-bond donors (Lipinski definition) is 0. The number of unbranched alkanes of at least 4 members (excludes halogenated alkanes) is 10. The highest BCUT2D eigenvalue weighted by atomic mass is 16.1. The van der Waals surface area contributed by atoms with Gasteiger partial charge in [-0.05, 0) is 25.7 Å². The summed E-state index contributed by atoms with van der Waals surface area (Å²) < 4.78 is 0.674. The summed E-state index contributed by atoms with van der Waals surface area (Å²) in [6, 6.07) is 0. The normalized spacial score (nSPS) is 12.9. The monoisotopic (exact) mass is 438 g/mol. The van der Waals surface area contributed by atoms with E-state index in [1.54, 1.807) is 0 Å². The van der Waals surface area contributed by atoms with Crippen LogP contribution in [-0.4, -0.2) is 42.2 Å². The lowest BCUT2D eigenvalue weighted by Gasteiger charge is -2.40. The third-order valence-corrected chi connectivity index (χ3v) is 6.60. The van der Waals surface area contributed by atoms with Crippen LogP contribution in [-0.2, 0) is 9.59 Å². The number of rotatable bonds is 18. The summed E-state index contributed by atoms with van der Waals surface area (Å²) in [5.74, 6) is 0.595. The summed E-state index contributed by atoms with van der Waals surface area (Å²) in [5.41, 5.74) is -0.701. The van der Waals surface area contributed by atoms with Crippen molar-refractivity contribution < 1.29 is 14.1 Å². The maximum Gasteiger partial charge on any atom is 0.192 e. The van der Waals surface area contributed by atoms with Gasteiger partial charge in [-0.2, -0.15) is 0 Å². The molecule has 0 spiro atoms. The van der Waals surface area contributed by atoms with E-state index in [1.165, 1.54) is 64.2 Å². The Labute approximate surface area is 195 Å². The molecule has 0 amide bonds. The smallest absolute Gasteiger partial charge is 0.192 e. The topological polar surface area (TPSA) is 34.1 Å². The molecule has 0 rings (SSSR count). The molecule has 3 heteroatoms. The quantitative estimate of drug-likeness (QED) is 0.162. The minimum Gasteiger partial charge on any atom is -0.311 e. The first-order valence-electron chi connectivity index (χ1n) is 13.3. The van der Waals surface area contributed by atoms with Crippen molar-refractivity contribution in [1.29, 1.82) is 0 Å². The molecule has 0 N–H and O–H groups in total. The Bertz CT molecular complexity index is 450. The van der Waals surface area contributed by atoms with Gasteiger partial charge >= 0.3 is 0 Å². The highest BCUT2D eigenvalue weighted by Gasteiger charge is 2.38. The number of Topliss-reactive ketones (excluding diaryl/α,β-unsaturated/α-hetero) is 2. The van der Waals surface area contributed by atoms with Gasteiger partial charge in [0.2, 0.25) is 0 Å². The zero-order valence-electron chi connectivity index (χ0n) is 22.6. The lowest BCUT2D eigenvalue weighted by molar-refractivity contribution is -0.914. The molecule has 0 saturated heterocycles. The Morgan fingerprint density at radius 2 is 0.806 bits per heavy atom. The van der Waals surface area contributed by atoms with Gasteiger partial charge in [-0.1, -0.05) is 107 Å². The summed E-state index contributed by atoms with van der Waals surface area (Å²) in [5, 5.41) is 0. The van der Waals surface area contributed by atoms with Gasteiger partial charge in [-0.15, -0.1) is 0 Å². The van der Waals surface area contributed by atoms with Crippen LogP contribution < -0.4 is 0 Å². The summed E-state index contributed by atoms with van der Waals surface area (Å²) in [7, 11) is 0. The van der Waals surface area contributed by atoms with Gasteiger partial charge in [-0.25, -0.2) is 0 Å². The molecule has 0 aromatic carbocycles. The van der Waals surface area contributed by atoms with Gasteiger partial charge in [-0.3, -0.25) is 9.59 Å². The van der Waals surface area contributed by atoms with Crippen molar-refractivity contribution in [3.63, 3.8) is 0 Å². The molecule has 184 valence electrons. The largest absolute Gasteiger partial charge is 0.311 e. The Balaban J connectivity index is 5.37. The molecule has 0 aromatic rings. The molecular formula is C28H56NO2+. The number of hydrogen-bond acceptors (Lipinski definition) is 2. The molecule has 31 heavy (non-hydrogen) atoms. The van der Waals surface area contributed by atoms with E-state index in [4.69, 9.17) is 0 Å². The van der Waals surface area contributed by atoms with E-state index in [9.17, 15) is 9.59 Å². The van der Waals surface area contributed by atoms with Crippen molar-refractivity contribution >= 4 is 11.6 Å². The third-order valence-electron chi connectivity index (χ3n) is 6.60. The van der Waals surface area contributed by atoms with Gasteiger partial charge in [0.25, 0.3) is 0 Å². The first-order valence-corrected chi connectivity index (χ1v) is 13.3. The van der Waals surface area contributed by atoms with Gasteiger partial charge in [0.15, 0.2) is 11.6 Å². The molecule has 0 radical (unpaired) electrons. The van der Waals surface area contributed by atoms with Crippen LogP contribution in [0.2, 0.25) is 0 Å². The van der Waals surface area contributed by atoms with Crippen LogP contribution in [0.3, 0.4) is 0 Å². The molecule has 0 saturated carbocycles. The summed E-state index contributed by atoms with van der Waals surface area (Å²) in [4.78, 5) is 26.3. The average Bonchev–Trinajstić information content (AvgIpc) is 2.65. The van der Waals surface area contributed by atoms with E-state index in [0.29, 0.717) is 29.1 Å². The molecule has 0 fully saturated rings. The fourth-order valence-corrected chi connectivity index (χ4v) is 4.02. The second kappa shape index (κ2) is 15.2. The molecule has 0 atom stereocenters. The van der Waals surface area contributed by atoms with Crippen molar-refractivity contribution in [3.8, 4) is 0 Å². The SMILES string of the molecule is CCCCCCCC[N+](CCCCCCCC)(CC(=O)C(C)(C)C)CC(=O)C(C)(C)C. The maximum absolute atomic E-state index is 13.1. The number of nitrogens with zero attached hydrogens (tertiary/aromatic N) is 1. The fourth-order valence-electron chi connectivity index (χ4n) is 4.02. The van der Waals surface area contributed by atoms with E-state index < -0.39 is 0 Å². The summed E-state index contributed by atoms with van der Waals surface area (Å²) in [6.07, 6.45) is 14.9. The van der Waals surface area contributed by atoms with Crippen molar-refractivity contribution in [2.75, 3.05) is 26.2 Å². The lowest BCUT2D eigenvalue weighted by atomic mass is 9.87. The second-order valence-corrected chi connectivity index (χ2v) is 12.0. The summed E-state index contributed by atoms with van der Waals surface area (Å²) >= 11 is 0. The number of quaternary nitrogens is 1. The number of ketones is 2. The minimum absolute atomic E-state index is 0.297. The molecule has 0 aliphatic rings. The van der Waals surface area contributed by atoms with E-state index >= 15 is 0 Å². The van der Waals surface area contributed by atoms with Crippen LogP contribution in [0.25, 0.3) is 0 Å². The van der Waals surface area contributed by atoms with Crippen LogP contribution in [0.5, 0.6) is 0 Å². The molecule has 0 bridgehead atoms. The van der Waals surface area contributed by atoms with Gasteiger partial charge in [0, 0.05) is 10.8 Å². The van der Waals surface area contributed by atoms with Crippen LogP contribution in [0.15, 0.2) is 0 Å². The Morgan fingerprint density at radius 3 is 1.10 bits per heavy atom. The van der Waals surface area contributed by atoms with Crippen LogP contribution in [0.4, 0.5) is 0 Å². The molecule has 3 nitrogen and oxygen atoms in total. The van der Waals surface area contributed by atoms with Crippen LogP contribution in [0.1, 0.15) is 132 Å². The standard InChI is InChI=1S/C28H56NO2/c1-9-11-13-15-17-19-21-29(23-25(30)27(3,4)5,24-26(31)28(6,7)8)22-20-18-16-14-12-10-2/h9-24H2,1-8H3/q+1.